The zero-order valence-corrected chi connectivity index (χ0v) is 27.8. The molecule has 0 amide bonds. The van der Waals surface area contributed by atoms with E-state index in [4.69, 9.17) is 14.4 Å². The van der Waals surface area contributed by atoms with E-state index in [1.165, 1.54) is 0 Å². The van der Waals surface area contributed by atoms with Crippen LogP contribution in [0, 0.1) is 6.92 Å². The maximum Gasteiger partial charge on any atom is 0.229 e. The summed E-state index contributed by atoms with van der Waals surface area (Å²) in [6.45, 7) is 5.51. The molecule has 11 heteroatoms. The van der Waals surface area contributed by atoms with Crippen molar-refractivity contribution in [2.75, 3.05) is 5.43 Å². The topological polar surface area (TPSA) is 122 Å². The summed E-state index contributed by atoms with van der Waals surface area (Å²) in [5.74, 6) is 1.63. The van der Waals surface area contributed by atoms with Crippen molar-refractivity contribution in [2.45, 2.75) is 6.92 Å². The number of para-hydroxylation sites is 2. The fourth-order valence-corrected chi connectivity index (χ4v) is 7.28. The van der Waals surface area contributed by atoms with Crippen LogP contribution in [0.4, 0.5) is 11.6 Å². The van der Waals surface area contributed by atoms with Gasteiger partial charge >= 0.3 is 0 Å². The molecule has 52 heavy (non-hydrogen) atoms. The molecule has 0 saturated heterocycles. The van der Waals surface area contributed by atoms with Gasteiger partial charge in [0, 0.05) is 63.5 Å². The quantitative estimate of drug-likeness (QED) is 0.103. The minimum Gasteiger partial charge on any atom is -0.419 e. The van der Waals surface area contributed by atoms with E-state index in [0.29, 0.717) is 17.2 Å². The third kappa shape index (κ3) is 4.53. The normalized spacial score (nSPS) is 12.6. The maximum atomic E-state index is 6.14. The van der Waals surface area contributed by atoms with Crippen LogP contribution in [0.3, 0.4) is 0 Å². The molecule has 0 saturated carbocycles. The smallest absolute Gasteiger partial charge is 0.229 e. The molecule has 1 aliphatic heterocycles. The van der Waals surface area contributed by atoms with Crippen LogP contribution in [-0.4, -0.2) is 32.0 Å². The second-order valence-electron chi connectivity index (χ2n) is 12.6. The monoisotopic (exact) mass is 676 g/mol. The summed E-state index contributed by atoms with van der Waals surface area (Å²) in [5.41, 5.74) is 17.2. The largest absolute Gasteiger partial charge is 0.419 e. The number of rotatable bonds is 6. The van der Waals surface area contributed by atoms with Gasteiger partial charge in [-0.15, -0.1) is 10.2 Å². The van der Waals surface area contributed by atoms with Crippen molar-refractivity contribution in [2.24, 2.45) is 20.5 Å². The van der Waals surface area contributed by atoms with Crippen LogP contribution >= 0.6 is 0 Å². The lowest BCUT2D eigenvalue weighted by Crippen LogP contribution is -2.22. The number of furan rings is 1. The average molecular weight is 677 g/mol. The van der Waals surface area contributed by atoms with Gasteiger partial charge in [-0.2, -0.15) is 5.10 Å². The third-order valence-electron chi connectivity index (χ3n) is 9.71. The lowest BCUT2D eigenvalue weighted by atomic mass is 10.0. The van der Waals surface area contributed by atoms with Crippen molar-refractivity contribution < 1.29 is 4.42 Å². The van der Waals surface area contributed by atoms with Crippen LogP contribution in [0.15, 0.2) is 147 Å². The first-order valence-corrected chi connectivity index (χ1v) is 16.7. The van der Waals surface area contributed by atoms with Crippen molar-refractivity contribution in [1.82, 2.24) is 24.6 Å². The zero-order valence-electron chi connectivity index (χ0n) is 27.8. The van der Waals surface area contributed by atoms with E-state index in [0.717, 1.165) is 83.2 Å². The first-order chi connectivity index (χ1) is 25.7. The van der Waals surface area contributed by atoms with E-state index >= 15 is 0 Å². The lowest BCUT2D eigenvalue weighted by Gasteiger charge is -2.15. The highest BCUT2D eigenvalue weighted by molar-refractivity contribution is 6.09. The predicted molar refractivity (Wildman–Crippen MR) is 207 cm³/mol. The van der Waals surface area contributed by atoms with Gasteiger partial charge in [-0.25, -0.2) is 15.5 Å². The Labute approximate surface area is 296 Å². The minimum absolute atomic E-state index is 0.534. The van der Waals surface area contributed by atoms with Crippen LogP contribution in [0.5, 0.6) is 0 Å². The predicted octanol–water partition coefficient (Wildman–Crippen LogP) is 9.87. The second kappa shape index (κ2) is 11.6. The third-order valence-corrected chi connectivity index (χ3v) is 9.71. The summed E-state index contributed by atoms with van der Waals surface area (Å²) in [5, 5.41) is 20.1. The number of pyridine rings is 2. The Morgan fingerprint density at radius 2 is 1.25 bits per heavy atom. The maximum absolute atomic E-state index is 6.14. The van der Waals surface area contributed by atoms with E-state index in [9.17, 15) is 0 Å². The van der Waals surface area contributed by atoms with Gasteiger partial charge in [-0.05, 0) is 71.8 Å². The lowest BCUT2D eigenvalue weighted by molar-refractivity contribution is 0.640. The molecule has 10 rings (SSSR count). The van der Waals surface area contributed by atoms with Crippen molar-refractivity contribution in [1.29, 1.82) is 0 Å². The molecule has 0 bridgehead atoms. The van der Waals surface area contributed by atoms with E-state index in [1.54, 1.807) is 0 Å². The number of nitrogens with one attached hydrogen (secondary N) is 2. The first-order valence-electron chi connectivity index (χ1n) is 16.7. The van der Waals surface area contributed by atoms with Crippen molar-refractivity contribution in [3.05, 3.63) is 133 Å². The Hall–Kier alpha value is -7.40. The van der Waals surface area contributed by atoms with Gasteiger partial charge in [0.1, 0.15) is 5.82 Å². The molecule has 248 valence electrons. The number of anilines is 1. The summed E-state index contributed by atoms with van der Waals surface area (Å²) >= 11 is 0. The van der Waals surface area contributed by atoms with Gasteiger partial charge < -0.3 is 4.42 Å². The molecule has 0 spiro atoms. The second-order valence-corrected chi connectivity index (χ2v) is 12.6. The molecule has 5 aromatic heterocycles. The molecule has 0 fully saturated rings. The molecule has 0 radical (unpaired) electrons. The fourth-order valence-electron chi connectivity index (χ4n) is 7.28. The Bertz CT molecular complexity index is 2940. The molecule has 0 atom stereocenters. The number of hydrogen-bond donors (Lipinski definition) is 2. The highest BCUT2D eigenvalue weighted by Crippen LogP contribution is 2.40. The van der Waals surface area contributed by atoms with Gasteiger partial charge in [-0.3, -0.25) is 14.6 Å². The number of hydrazone groups is 1. The van der Waals surface area contributed by atoms with Gasteiger partial charge in [0.15, 0.2) is 5.82 Å². The molecule has 1 aliphatic rings. The molecule has 4 aromatic carbocycles. The van der Waals surface area contributed by atoms with Crippen molar-refractivity contribution >= 4 is 68.6 Å². The highest BCUT2D eigenvalue weighted by atomic mass is 16.3. The first kappa shape index (κ1) is 29.5. The number of hydrazine groups is 1. The molecule has 0 unspecified atom stereocenters. The molecular weight excluding hydrogens is 649 g/mol. The summed E-state index contributed by atoms with van der Waals surface area (Å²) in [7, 11) is 0. The number of nitrogens with zero attached hydrogens (tertiary/aromatic N) is 8. The van der Waals surface area contributed by atoms with E-state index in [-0.39, 0.29) is 0 Å². The Kier molecular flexibility index (Phi) is 6.58. The van der Waals surface area contributed by atoms with Gasteiger partial charge in [0.2, 0.25) is 11.4 Å². The molecule has 0 aliphatic carbocycles. The molecule has 2 N–H and O–H groups in total. The van der Waals surface area contributed by atoms with E-state index < -0.39 is 0 Å². The van der Waals surface area contributed by atoms with Gasteiger partial charge in [0.25, 0.3) is 0 Å². The molecule has 6 heterocycles. The summed E-state index contributed by atoms with van der Waals surface area (Å²) in [6, 6.07) is 37.5. The minimum atomic E-state index is 0.534. The molecule has 9 aromatic rings. The van der Waals surface area contributed by atoms with E-state index in [2.05, 4.69) is 120 Å². The van der Waals surface area contributed by atoms with Crippen LogP contribution < -0.4 is 11.0 Å². The molecule has 11 nitrogen and oxygen atoms in total. The van der Waals surface area contributed by atoms with Crippen molar-refractivity contribution in [3.63, 3.8) is 0 Å². The average Bonchev–Trinajstić information content (AvgIpc) is 3.83. The number of aromatic nitrogens is 4. The van der Waals surface area contributed by atoms with Crippen LogP contribution in [0.25, 0.3) is 77.6 Å². The van der Waals surface area contributed by atoms with Crippen molar-refractivity contribution in [3.8, 4) is 33.6 Å². The van der Waals surface area contributed by atoms with Gasteiger partial charge in [0.05, 0.1) is 28.0 Å². The SMILES string of the molecule is C=NN=Nc1c(C)c2ccc(-c3cnc4oc5ncc(-c6ccc7c8c(n(-c9ccccc9)c7c6)NNN=C8)cc5c4c3)cc2n1-c1ccccc1. The fraction of sp³-hybridized carbons (Fsp3) is 0.0244. The number of hydrogen-bond acceptors (Lipinski definition) is 8. The van der Waals surface area contributed by atoms with Crippen LogP contribution in [0.2, 0.25) is 0 Å². The van der Waals surface area contributed by atoms with Crippen LogP contribution in [0.1, 0.15) is 11.1 Å². The van der Waals surface area contributed by atoms with E-state index in [1.807, 2.05) is 61.9 Å². The van der Waals surface area contributed by atoms with Gasteiger partial charge in [-0.1, -0.05) is 60.7 Å². The number of benzene rings is 4. The Morgan fingerprint density at radius 3 is 1.88 bits per heavy atom. The Balaban J connectivity index is 1.11. The van der Waals surface area contributed by atoms with Crippen LogP contribution in [-0.2, 0) is 0 Å². The standard InChI is InChI=1S/C41H28N10O/c1-24-31-15-13-25(19-36(31)50(38(24)46-48-42-2)29-9-5-3-6-10-29)27-17-33-34-18-28(22-44-41(34)52-40(33)43-21-27)26-14-16-32-35-23-45-49-47-39(35)51(37(32)20-26)30-11-7-4-8-12-30/h3-23,47,49H,2H2,1H3. The summed E-state index contributed by atoms with van der Waals surface area (Å²) in [6.07, 6.45) is 5.55. The molecular formula is C41H28N10O. The Morgan fingerprint density at radius 1 is 0.654 bits per heavy atom. The number of fused-ring (bicyclic) bond motifs is 7. The summed E-state index contributed by atoms with van der Waals surface area (Å²) < 4.78 is 10.4. The number of aryl methyl sites for hydroxylation is 1. The summed E-state index contributed by atoms with van der Waals surface area (Å²) in [4.78, 5) is 9.50. The highest BCUT2D eigenvalue weighted by Gasteiger charge is 2.21. The zero-order chi connectivity index (χ0) is 34.8.